The maximum atomic E-state index is 5.62. The lowest BCUT2D eigenvalue weighted by molar-refractivity contribution is 0.161. The minimum absolute atomic E-state index is 0.778. The van der Waals surface area contributed by atoms with Gasteiger partial charge in [-0.05, 0) is 44.3 Å². The van der Waals surface area contributed by atoms with Gasteiger partial charge in [-0.3, -0.25) is 4.90 Å². The van der Waals surface area contributed by atoms with Crippen molar-refractivity contribution < 1.29 is 0 Å². The molecule has 0 aliphatic carbocycles. The molecule has 1 fully saturated rings. The lowest BCUT2D eigenvalue weighted by atomic mass is 9.95. The van der Waals surface area contributed by atoms with Crippen LogP contribution in [-0.4, -0.2) is 34.5 Å². The Kier molecular flexibility index (Phi) is 4.25. The van der Waals surface area contributed by atoms with Crippen molar-refractivity contribution in [3.05, 3.63) is 24.3 Å². The van der Waals surface area contributed by atoms with Gasteiger partial charge in [-0.25, -0.2) is 9.97 Å². The third kappa shape index (κ3) is 3.25. The second-order valence-corrected chi connectivity index (χ2v) is 4.52. The molecular formula is C12H20N4. The second-order valence-electron chi connectivity index (χ2n) is 4.52. The fraction of sp³-hybridized carbons (Fsp3) is 0.667. The predicted octanol–water partition coefficient (Wildman–Crippen LogP) is 1.04. The molecule has 1 aliphatic rings. The van der Waals surface area contributed by atoms with Crippen molar-refractivity contribution >= 4 is 0 Å². The monoisotopic (exact) mass is 220 g/mol. The number of aromatic nitrogens is 2. The summed E-state index contributed by atoms with van der Waals surface area (Å²) in [6.45, 7) is 4.11. The highest BCUT2D eigenvalue weighted by Crippen LogP contribution is 2.19. The van der Waals surface area contributed by atoms with Gasteiger partial charge in [0.1, 0.15) is 6.33 Å². The van der Waals surface area contributed by atoms with Crippen LogP contribution in [0.4, 0.5) is 0 Å². The number of nitrogens with zero attached hydrogens (tertiary/aromatic N) is 3. The molecule has 0 spiro atoms. The Bertz CT molecular complexity index is 299. The molecule has 0 amide bonds. The van der Waals surface area contributed by atoms with Crippen LogP contribution in [0.5, 0.6) is 0 Å². The third-order valence-corrected chi connectivity index (χ3v) is 3.21. The molecule has 1 saturated heterocycles. The Morgan fingerprint density at radius 3 is 3.19 bits per heavy atom. The highest BCUT2D eigenvalue weighted by molar-refractivity contribution is 4.97. The van der Waals surface area contributed by atoms with E-state index in [9.17, 15) is 0 Å². The molecule has 2 heterocycles. The van der Waals surface area contributed by atoms with Crippen molar-refractivity contribution in [1.29, 1.82) is 0 Å². The number of likely N-dealkylation sites (tertiary alicyclic amines) is 1. The highest BCUT2D eigenvalue weighted by Gasteiger charge is 2.19. The smallest absolute Gasteiger partial charge is 0.115 e. The molecule has 0 saturated carbocycles. The van der Waals surface area contributed by atoms with E-state index in [1.807, 2.05) is 12.3 Å². The Labute approximate surface area is 96.9 Å². The van der Waals surface area contributed by atoms with Crippen LogP contribution in [0.1, 0.15) is 25.0 Å². The van der Waals surface area contributed by atoms with Gasteiger partial charge in [0.05, 0.1) is 5.69 Å². The Balaban J connectivity index is 1.85. The molecule has 2 rings (SSSR count). The zero-order valence-corrected chi connectivity index (χ0v) is 9.68. The van der Waals surface area contributed by atoms with Crippen molar-refractivity contribution in [2.45, 2.75) is 25.8 Å². The molecule has 0 bridgehead atoms. The van der Waals surface area contributed by atoms with Crippen LogP contribution in [0.15, 0.2) is 18.6 Å². The molecule has 0 radical (unpaired) electrons. The Morgan fingerprint density at radius 2 is 2.44 bits per heavy atom. The van der Waals surface area contributed by atoms with Crippen LogP contribution in [0, 0.1) is 5.92 Å². The fourth-order valence-corrected chi connectivity index (χ4v) is 2.41. The zero-order chi connectivity index (χ0) is 11.2. The summed E-state index contributed by atoms with van der Waals surface area (Å²) in [7, 11) is 0. The fourth-order valence-electron chi connectivity index (χ4n) is 2.41. The van der Waals surface area contributed by atoms with Gasteiger partial charge in [-0.2, -0.15) is 0 Å². The van der Waals surface area contributed by atoms with Gasteiger partial charge in [-0.1, -0.05) is 0 Å². The van der Waals surface area contributed by atoms with Crippen LogP contribution in [0.2, 0.25) is 0 Å². The van der Waals surface area contributed by atoms with Gasteiger partial charge >= 0.3 is 0 Å². The number of hydrogen-bond acceptors (Lipinski definition) is 4. The topological polar surface area (TPSA) is 55.0 Å². The molecule has 1 aromatic heterocycles. The summed E-state index contributed by atoms with van der Waals surface area (Å²) in [5, 5.41) is 0. The number of piperidine rings is 1. The average molecular weight is 220 g/mol. The first kappa shape index (κ1) is 11.5. The maximum absolute atomic E-state index is 5.62. The first-order valence-electron chi connectivity index (χ1n) is 6.06. The van der Waals surface area contributed by atoms with Crippen LogP contribution < -0.4 is 5.73 Å². The summed E-state index contributed by atoms with van der Waals surface area (Å²) in [6, 6.07) is 1.99. The molecule has 2 N–H and O–H groups in total. The van der Waals surface area contributed by atoms with Crippen molar-refractivity contribution in [1.82, 2.24) is 14.9 Å². The summed E-state index contributed by atoms with van der Waals surface area (Å²) in [6.07, 6.45) is 7.20. The van der Waals surface area contributed by atoms with E-state index in [-0.39, 0.29) is 0 Å². The third-order valence-electron chi connectivity index (χ3n) is 3.21. The molecule has 1 unspecified atom stereocenters. The van der Waals surface area contributed by atoms with Gasteiger partial charge < -0.3 is 5.73 Å². The highest BCUT2D eigenvalue weighted by atomic mass is 15.1. The summed E-state index contributed by atoms with van der Waals surface area (Å²) in [5.74, 6) is 0.778. The molecule has 1 aliphatic heterocycles. The average Bonchev–Trinajstić information content (AvgIpc) is 2.31. The van der Waals surface area contributed by atoms with E-state index in [1.165, 1.54) is 25.9 Å². The largest absolute Gasteiger partial charge is 0.330 e. The van der Waals surface area contributed by atoms with Gasteiger partial charge in [0.2, 0.25) is 0 Å². The quantitative estimate of drug-likeness (QED) is 0.823. The number of nitrogens with two attached hydrogens (primary N) is 1. The molecule has 0 aromatic carbocycles. The van der Waals surface area contributed by atoms with Crippen molar-refractivity contribution in [2.75, 3.05) is 19.6 Å². The van der Waals surface area contributed by atoms with E-state index in [1.54, 1.807) is 6.33 Å². The Morgan fingerprint density at radius 1 is 1.50 bits per heavy atom. The van der Waals surface area contributed by atoms with Gasteiger partial charge in [-0.15, -0.1) is 0 Å². The van der Waals surface area contributed by atoms with Crippen molar-refractivity contribution in [3.8, 4) is 0 Å². The van der Waals surface area contributed by atoms with E-state index in [4.69, 9.17) is 5.73 Å². The van der Waals surface area contributed by atoms with E-state index < -0.39 is 0 Å². The zero-order valence-electron chi connectivity index (χ0n) is 9.68. The summed E-state index contributed by atoms with van der Waals surface area (Å²) in [5.41, 5.74) is 6.73. The minimum Gasteiger partial charge on any atom is -0.330 e. The van der Waals surface area contributed by atoms with Crippen LogP contribution >= 0.6 is 0 Å². The van der Waals surface area contributed by atoms with Gasteiger partial charge in [0.15, 0.2) is 0 Å². The molecule has 1 atom stereocenters. The van der Waals surface area contributed by atoms with Gasteiger partial charge in [0.25, 0.3) is 0 Å². The van der Waals surface area contributed by atoms with Crippen LogP contribution in [0.25, 0.3) is 0 Å². The molecule has 4 nitrogen and oxygen atoms in total. The lowest BCUT2D eigenvalue weighted by Crippen LogP contribution is -2.35. The molecular weight excluding hydrogens is 200 g/mol. The molecule has 1 aromatic rings. The van der Waals surface area contributed by atoms with E-state index in [0.717, 1.165) is 31.1 Å². The first-order chi connectivity index (χ1) is 7.88. The minimum atomic E-state index is 0.778. The van der Waals surface area contributed by atoms with Crippen LogP contribution in [0.3, 0.4) is 0 Å². The summed E-state index contributed by atoms with van der Waals surface area (Å²) < 4.78 is 0. The molecule has 16 heavy (non-hydrogen) atoms. The van der Waals surface area contributed by atoms with Crippen molar-refractivity contribution in [2.24, 2.45) is 11.7 Å². The van der Waals surface area contributed by atoms with Crippen LogP contribution in [-0.2, 0) is 6.54 Å². The SMILES string of the molecule is NCCC1CCCN(Cc2ccncn2)C1. The lowest BCUT2D eigenvalue weighted by Gasteiger charge is -2.32. The predicted molar refractivity (Wildman–Crippen MR) is 63.7 cm³/mol. The van der Waals surface area contributed by atoms with Crippen molar-refractivity contribution in [3.63, 3.8) is 0 Å². The van der Waals surface area contributed by atoms with E-state index in [2.05, 4.69) is 14.9 Å². The number of rotatable bonds is 4. The molecule has 88 valence electrons. The first-order valence-corrected chi connectivity index (χ1v) is 6.06. The standard InChI is InChI=1S/C12H20N4/c13-5-3-11-2-1-7-16(8-11)9-12-4-6-14-10-15-12/h4,6,10-11H,1-3,5,7-9,13H2. The Hall–Kier alpha value is -1.00. The second kappa shape index (κ2) is 5.92. The summed E-state index contributed by atoms with van der Waals surface area (Å²) >= 11 is 0. The normalized spacial score (nSPS) is 22.2. The number of hydrogen-bond donors (Lipinski definition) is 1. The summed E-state index contributed by atoms with van der Waals surface area (Å²) in [4.78, 5) is 10.7. The maximum Gasteiger partial charge on any atom is 0.115 e. The van der Waals surface area contributed by atoms with E-state index in [0.29, 0.717) is 0 Å². The van der Waals surface area contributed by atoms with Gasteiger partial charge in [0, 0.05) is 19.3 Å². The van der Waals surface area contributed by atoms with E-state index >= 15 is 0 Å². The molecule has 4 heteroatoms.